The summed E-state index contributed by atoms with van der Waals surface area (Å²) in [5.74, 6) is 2.09. The standard InChI is InChI=1S/C15H21NO.ClH/c17-15-5-3-13(4-6-15)14-7-9-16(10-8-14)11-12-1-2-12;/h3-6,12,14,17H,1-2,7-11H2;1H. The van der Waals surface area contributed by atoms with E-state index in [4.69, 9.17) is 0 Å². The summed E-state index contributed by atoms with van der Waals surface area (Å²) in [5.41, 5.74) is 1.40. The van der Waals surface area contributed by atoms with Gasteiger partial charge in [-0.15, -0.1) is 12.4 Å². The molecule has 1 aromatic carbocycles. The van der Waals surface area contributed by atoms with Crippen LogP contribution in [0.25, 0.3) is 0 Å². The van der Waals surface area contributed by atoms with Crippen LogP contribution in [0.15, 0.2) is 24.3 Å². The average Bonchev–Trinajstić information content (AvgIpc) is 3.15. The normalized spacial score (nSPS) is 21.6. The molecule has 100 valence electrons. The van der Waals surface area contributed by atoms with E-state index in [0.29, 0.717) is 11.7 Å². The van der Waals surface area contributed by atoms with Crippen molar-refractivity contribution >= 4 is 12.4 Å². The van der Waals surface area contributed by atoms with Crippen molar-refractivity contribution in [3.05, 3.63) is 29.8 Å². The second-order valence-electron chi connectivity index (χ2n) is 5.61. The predicted octanol–water partition coefficient (Wildman–Crippen LogP) is 3.40. The number of halogens is 1. The van der Waals surface area contributed by atoms with E-state index in [9.17, 15) is 5.11 Å². The number of likely N-dealkylation sites (tertiary alicyclic amines) is 1. The van der Waals surface area contributed by atoms with Gasteiger partial charge in [0.2, 0.25) is 0 Å². The van der Waals surface area contributed by atoms with Crippen LogP contribution in [0.2, 0.25) is 0 Å². The van der Waals surface area contributed by atoms with Crippen LogP contribution in [0.3, 0.4) is 0 Å². The molecule has 0 amide bonds. The molecule has 1 heterocycles. The number of hydrogen-bond donors (Lipinski definition) is 1. The Bertz CT molecular complexity index is 367. The Morgan fingerprint density at radius 2 is 1.61 bits per heavy atom. The first-order valence-corrected chi connectivity index (χ1v) is 6.82. The molecule has 1 saturated heterocycles. The van der Waals surface area contributed by atoms with Crippen LogP contribution in [0, 0.1) is 5.92 Å². The zero-order chi connectivity index (χ0) is 11.7. The largest absolute Gasteiger partial charge is 0.508 e. The van der Waals surface area contributed by atoms with E-state index in [1.165, 1.54) is 50.9 Å². The lowest BCUT2D eigenvalue weighted by Gasteiger charge is -2.32. The fraction of sp³-hybridized carbons (Fsp3) is 0.600. The van der Waals surface area contributed by atoms with Gasteiger partial charge in [0.25, 0.3) is 0 Å². The summed E-state index contributed by atoms with van der Waals surface area (Å²) in [6.07, 6.45) is 5.46. The molecule has 0 unspecified atom stereocenters. The molecular weight excluding hydrogens is 246 g/mol. The molecule has 0 radical (unpaired) electrons. The Morgan fingerprint density at radius 1 is 1.00 bits per heavy atom. The number of hydrogen-bond acceptors (Lipinski definition) is 2. The molecule has 1 N–H and O–H groups in total. The van der Waals surface area contributed by atoms with Crippen molar-refractivity contribution in [1.29, 1.82) is 0 Å². The summed E-state index contributed by atoms with van der Waals surface area (Å²) in [4.78, 5) is 2.63. The molecule has 2 fully saturated rings. The Morgan fingerprint density at radius 3 is 2.17 bits per heavy atom. The highest BCUT2D eigenvalue weighted by Crippen LogP contribution is 2.33. The second-order valence-corrected chi connectivity index (χ2v) is 5.61. The Labute approximate surface area is 115 Å². The van der Waals surface area contributed by atoms with E-state index < -0.39 is 0 Å². The van der Waals surface area contributed by atoms with Crippen molar-refractivity contribution in [2.24, 2.45) is 5.92 Å². The highest BCUT2D eigenvalue weighted by Gasteiger charge is 2.27. The van der Waals surface area contributed by atoms with E-state index in [1.54, 1.807) is 0 Å². The quantitative estimate of drug-likeness (QED) is 0.907. The molecule has 3 heteroatoms. The molecule has 3 rings (SSSR count). The summed E-state index contributed by atoms with van der Waals surface area (Å²) in [6.45, 7) is 3.84. The van der Waals surface area contributed by atoms with Crippen LogP contribution < -0.4 is 0 Å². The third-order valence-corrected chi connectivity index (χ3v) is 4.17. The number of benzene rings is 1. The van der Waals surface area contributed by atoms with Crippen molar-refractivity contribution in [2.45, 2.75) is 31.6 Å². The minimum Gasteiger partial charge on any atom is -0.508 e. The zero-order valence-electron chi connectivity index (χ0n) is 10.7. The summed E-state index contributed by atoms with van der Waals surface area (Å²) in [5, 5.41) is 9.29. The zero-order valence-corrected chi connectivity index (χ0v) is 11.5. The lowest BCUT2D eigenvalue weighted by atomic mass is 9.89. The number of phenols is 1. The first-order valence-electron chi connectivity index (χ1n) is 6.82. The van der Waals surface area contributed by atoms with Gasteiger partial charge >= 0.3 is 0 Å². The molecule has 1 saturated carbocycles. The fourth-order valence-corrected chi connectivity index (χ4v) is 2.86. The molecule has 0 bridgehead atoms. The van der Waals surface area contributed by atoms with Crippen LogP contribution in [-0.2, 0) is 0 Å². The van der Waals surface area contributed by atoms with Gasteiger partial charge in [0.15, 0.2) is 0 Å². The van der Waals surface area contributed by atoms with Crippen LogP contribution >= 0.6 is 12.4 Å². The molecule has 1 aromatic rings. The molecule has 2 aliphatic rings. The lowest BCUT2D eigenvalue weighted by Crippen LogP contribution is -2.34. The third kappa shape index (κ3) is 3.39. The number of aromatic hydroxyl groups is 1. The van der Waals surface area contributed by atoms with Gasteiger partial charge in [0, 0.05) is 6.54 Å². The van der Waals surface area contributed by atoms with Gasteiger partial charge in [-0.25, -0.2) is 0 Å². The number of nitrogens with zero attached hydrogens (tertiary/aromatic N) is 1. The SMILES string of the molecule is Cl.Oc1ccc(C2CCN(CC3CC3)CC2)cc1. The Hall–Kier alpha value is -0.730. The highest BCUT2D eigenvalue weighted by molar-refractivity contribution is 5.85. The fourth-order valence-electron chi connectivity index (χ4n) is 2.86. The summed E-state index contributed by atoms with van der Waals surface area (Å²) in [6, 6.07) is 7.78. The van der Waals surface area contributed by atoms with Gasteiger partial charge in [0.1, 0.15) is 5.75 Å². The topological polar surface area (TPSA) is 23.5 Å². The van der Waals surface area contributed by atoms with E-state index in [-0.39, 0.29) is 12.4 Å². The van der Waals surface area contributed by atoms with Crippen LogP contribution in [-0.4, -0.2) is 29.6 Å². The van der Waals surface area contributed by atoms with Gasteiger partial charge in [-0.1, -0.05) is 12.1 Å². The predicted molar refractivity (Wildman–Crippen MR) is 76.5 cm³/mol. The molecule has 2 nitrogen and oxygen atoms in total. The minimum absolute atomic E-state index is 0. The van der Waals surface area contributed by atoms with Crippen molar-refractivity contribution in [3.8, 4) is 5.75 Å². The Balaban J connectivity index is 0.00000120. The third-order valence-electron chi connectivity index (χ3n) is 4.17. The maximum atomic E-state index is 9.29. The highest BCUT2D eigenvalue weighted by atomic mass is 35.5. The summed E-state index contributed by atoms with van der Waals surface area (Å²) in [7, 11) is 0. The monoisotopic (exact) mass is 267 g/mol. The van der Waals surface area contributed by atoms with Crippen LogP contribution in [0.1, 0.15) is 37.2 Å². The van der Waals surface area contributed by atoms with E-state index in [1.807, 2.05) is 12.1 Å². The number of phenolic OH excluding ortho intramolecular Hbond substituents is 1. The van der Waals surface area contributed by atoms with E-state index >= 15 is 0 Å². The molecule has 1 aliphatic carbocycles. The smallest absolute Gasteiger partial charge is 0.115 e. The van der Waals surface area contributed by atoms with E-state index in [2.05, 4.69) is 17.0 Å². The van der Waals surface area contributed by atoms with Crippen molar-refractivity contribution in [2.75, 3.05) is 19.6 Å². The van der Waals surface area contributed by atoms with Crippen molar-refractivity contribution < 1.29 is 5.11 Å². The van der Waals surface area contributed by atoms with Crippen molar-refractivity contribution in [3.63, 3.8) is 0 Å². The molecule has 1 aliphatic heterocycles. The lowest BCUT2D eigenvalue weighted by molar-refractivity contribution is 0.204. The van der Waals surface area contributed by atoms with Crippen LogP contribution in [0.5, 0.6) is 5.75 Å². The van der Waals surface area contributed by atoms with Gasteiger partial charge in [-0.05, 0) is 68.3 Å². The molecule has 0 atom stereocenters. The molecular formula is C15H22ClNO. The maximum absolute atomic E-state index is 9.29. The number of piperidine rings is 1. The molecule has 0 spiro atoms. The molecule has 0 aromatic heterocycles. The first-order chi connectivity index (χ1) is 8.31. The van der Waals surface area contributed by atoms with Crippen molar-refractivity contribution in [1.82, 2.24) is 4.90 Å². The first kappa shape index (κ1) is 13.7. The average molecular weight is 268 g/mol. The van der Waals surface area contributed by atoms with Gasteiger partial charge < -0.3 is 10.0 Å². The maximum Gasteiger partial charge on any atom is 0.115 e. The second kappa shape index (κ2) is 5.94. The molecule has 18 heavy (non-hydrogen) atoms. The van der Waals surface area contributed by atoms with Crippen LogP contribution in [0.4, 0.5) is 0 Å². The van der Waals surface area contributed by atoms with Gasteiger partial charge in [-0.3, -0.25) is 0 Å². The Kier molecular flexibility index (Phi) is 4.52. The van der Waals surface area contributed by atoms with E-state index in [0.717, 1.165) is 5.92 Å². The van der Waals surface area contributed by atoms with Gasteiger partial charge in [-0.2, -0.15) is 0 Å². The number of rotatable bonds is 3. The van der Waals surface area contributed by atoms with Gasteiger partial charge in [0.05, 0.1) is 0 Å². The minimum atomic E-state index is 0. The summed E-state index contributed by atoms with van der Waals surface area (Å²) < 4.78 is 0. The summed E-state index contributed by atoms with van der Waals surface area (Å²) >= 11 is 0.